The van der Waals surface area contributed by atoms with Crippen molar-refractivity contribution in [3.05, 3.63) is 64.2 Å². The van der Waals surface area contributed by atoms with Crippen LogP contribution in [0.15, 0.2) is 42.5 Å². The largest absolute Gasteiger partial charge is 0.491 e. The second kappa shape index (κ2) is 6.41. The molecule has 5 nitrogen and oxygen atoms in total. The molecule has 0 spiro atoms. The summed E-state index contributed by atoms with van der Waals surface area (Å²) in [4.78, 5) is 26.6. The van der Waals surface area contributed by atoms with Crippen molar-refractivity contribution in [2.24, 2.45) is 0 Å². The molecule has 2 amide bonds. The van der Waals surface area contributed by atoms with Gasteiger partial charge in [-0.1, -0.05) is 29.8 Å². The van der Waals surface area contributed by atoms with Crippen molar-refractivity contribution in [3.63, 3.8) is 0 Å². The summed E-state index contributed by atoms with van der Waals surface area (Å²) in [5.41, 5.74) is 2.43. The Morgan fingerprint density at radius 2 is 2.12 bits per heavy atom. The van der Waals surface area contributed by atoms with Gasteiger partial charge in [-0.2, -0.15) is 0 Å². The lowest BCUT2D eigenvalue weighted by molar-refractivity contribution is -0.132. The highest BCUT2D eigenvalue weighted by atomic mass is 35.5. The van der Waals surface area contributed by atoms with Gasteiger partial charge in [0.1, 0.15) is 12.4 Å². The molecule has 2 aromatic carbocycles. The van der Waals surface area contributed by atoms with Crippen LogP contribution in [0.3, 0.4) is 0 Å². The highest BCUT2D eigenvalue weighted by Crippen LogP contribution is 2.30. The normalized spacial score (nSPS) is 18.7. The third kappa shape index (κ3) is 3.07. The highest BCUT2D eigenvalue weighted by Gasteiger charge is 2.31. The molecule has 2 heterocycles. The number of fused-ring (bicyclic) bond motifs is 2. The fourth-order valence-electron chi connectivity index (χ4n) is 3.36. The van der Waals surface area contributed by atoms with Crippen molar-refractivity contribution in [3.8, 4) is 5.75 Å². The molecule has 6 heteroatoms. The summed E-state index contributed by atoms with van der Waals surface area (Å²) in [6, 6.07) is 12.6. The second-order valence-corrected chi connectivity index (χ2v) is 6.67. The van der Waals surface area contributed by atoms with Crippen LogP contribution in [0.25, 0.3) is 0 Å². The third-order valence-corrected chi connectivity index (χ3v) is 4.86. The predicted molar refractivity (Wildman–Crippen MR) is 93.6 cm³/mol. The topological polar surface area (TPSA) is 58.6 Å². The quantitative estimate of drug-likeness (QED) is 0.900. The Kier molecular flexibility index (Phi) is 4.09. The lowest BCUT2D eigenvalue weighted by atomic mass is 10.0. The SMILES string of the molecule is O=C1NC(CC(=O)N2CCOc3ccc(Cl)cc3C2)c2ccccc21. The van der Waals surface area contributed by atoms with Gasteiger partial charge in [0.05, 0.1) is 19.0 Å². The Hall–Kier alpha value is -2.53. The van der Waals surface area contributed by atoms with Crippen molar-refractivity contribution >= 4 is 23.4 Å². The van der Waals surface area contributed by atoms with Gasteiger partial charge < -0.3 is 15.0 Å². The van der Waals surface area contributed by atoms with E-state index in [0.717, 1.165) is 16.9 Å². The van der Waals surface area contributed by atoms with Gasteiger partial charge in [-0.15, -0.1) is 0 Å². The first-order chi connectivity index (χ1) is 12.1. The molecule has 128 valence electrons. The van der Waals surface area contributed by atoms with E-state index in [4.69, 9.17) is 16.3 Å². The summed E-state index contributed by atoms with van der Waals surface area (Å²) in [6.07, 6.45) is 0.235. The molecule has 0 aromatic heterocycles. The lowest BCUT2D eigenvalue weighted by Crippen LogP contribution is -2.35. The number of hydrogen-bond acceptors (Lipinski definition) is 3. The molecule has 2 aromatic rings. The maximum absolute atomic E-state index is 12.8. The number of benzene rings is 2. The second-order valence-electron chi connectivity index (χ2n) is 6.23. The van der Waals surface area contributed by atoms with Crippen LogP contribution in [0.2, 0.25) is 5.02 Å². The number of rotatable bonds is 2. The van der Waals surface area contributed by atoms with E-state index in [1.165, 1.54) is 0 Å². The molecule has 1 N–H and O–H groups in total. The van der Waals surface area contributed by atoms with Crippen LogP contribution in [0, 0.1) is 0 Å². The van der Waals surface area contributed by atoms with Crippen LogP contribution in [0.4, 0.5) is 0 Å². The van der Waals surface area contributed by atoms with Gasteiger partial charge in [0, 0.05) is 22.7 Å². The van der Waals surface area contributed by atoms with Crippen molar-refractivity contribution in [2.45, 2.75) is 19.0 Å². The molecule has 2 aliphatic rings. The molecule has 0 saturated carbocycles. The van der Waals surface area contributed by atoms with E-state index in [-0.39, 0.29) is 24.3 Å². The third-order valence-electron chi connectivity index (χ3n) is 4.62. The number of hydrogen-bond donors (Lipinski definition) is 1. The molecule has 1 unspecified atom stereocenters. The van der Waals surface area contributed by atoms with Crippen LogP contribution in [-0.2, 0) is 11.3 Å². The minimum atomic E-state index is -0.279. The Morgan fingerprint density at radius 3 is 3.00 bits per heavy atom. The van der Waals surface area contributed by atoms with Gasteiger partial charge in [-0.3, -0.25) is 9.59 Å². The average Bonchev–Trinajstić information content (AvgIpc) is 2.79. The van der Waals surface area contributed by atoms with E-state index in [1.54, 1.807) is 17.0 Å². The minimum Gasteiger partial charge on any atom is -0.491 e. The molecule has 4 rings (SSSR count). The Bertz CT molecular complexity index is 852. The standard InChI is InChI=1S/C19H17ClN2O3/c20-13-5-6-17-12(9-13)11-22(7-8-25-17)18(23)10-16-14-3-1-2-4-15(14)19(24)21-16/h1-6,9,16H,7-8,10-11H2,(H,21,24). The fourth-order valence-corrected chi connectivity index (χ4v) is 3.56. The Balaban J connectivity index is 1.51. The van der Waals surface area contributed by atoms with E-state index in [0.29, 0.717) is 30.3 Å². The van der Waals surface area contributed by atoms with E-state index in [2.05, 4.69) is 5.32 Å². The van der Waals surface area contributed by atoms with Gasteiger partial charge in [0.25, 0.3) is 5.91 Å². The Morgan fingerprint density at radius 1 is 1.28 bits per heavy atom. The first-order valence-electron chi connectivity index (χ1n) is 8.20. The number of nitrogens with zero attached hydrogens (tertiary/aromatic N) is 1. The molecule has 0 saturated heterocycles. The number of ether oxygens (including phenoxy) is 1. The fraction of sp³-hybridized carbons (Fsp3) is 0.263. The molecular formula is C19H17ClN2O3. The van der Waals surface area contributed by atoms with Crippen LogP contribution in [-0.4, -0.2) is 29.9 Å². The van der Waals surface area contributed by atoms with Crippen molar-refractivity contribution in [1.29, 1.82) is 0 Å². The Labute approximate surface area is 150 Å². The highest BCUT2D eigenvalue weighted by molar-refractivity contribution is 6.30. The number of nitrogens with one attached hydrogen (secondary N) is 1. The van der Waals surface area contributed by atoms with E-state index < -0.39 is 0 Å². The van der Waals surface area contributed by atoms with Gasteiger partial charge in [0.2, 0.25) is 5.91 Å². The summed E-state index contributed by atoms with van der Waals surface area (Å²) >= 11 is 6.06. The first kappa shape index (κ1) is 16.0. The summed E-state index contributed by atoms with van der Waals surface area (Å²) in [5.74, 6) is 0.627. The molecule has 0 fully saturated rings. The monoisotopic (exact) mass is 356 g/mol. The van der Waals surface area contributed by atoms with E-state index in [1.807, 2.05) is 30.3 Å². The van der Waals surface area contributed by atoms with Gasteiger partial charge in [-0.05, 0) is 29.8 Å². The molecule has 25 heavy (non-hydrogen) atoms. The summed E-state index contributed by atoms with van der Waals surface area (Å²) in [5, 5.41) is 3.51. The molecular weight excluding hydrogens is 340 g/mol. The maximum Gasteiger partial charge on any atom is 0.252 e. The van der Waals surface area contributed by atoms with Gasteiger partial charge in [0.15, 0.2) is 0 Å². The molecule has 1 atom stereocenters. The van der Waals surface area contributed by atoms with Crippen LogP contribution >= 0.6 is 11.6 Å². The number of halogens is 1. The minimum absolute atomic E-state index is 0.0153. The van der Waals surface area contributed by atoms with Crippen molar-refractivity contribution < 1.29 is 14.3 Å². The van der Waals surface area contributed by atoms with Crippen LogP contribution in [0.1, 0.15) is 33.9 Å². The zero-order valence-electron chi connectivity index (χ0n) is 13.5. The molecule has 0 radical (unpaired) electrons. The van der Waals surface area contributed by atoms with Crippen molar-refractivity contribution in [2.75, 3.05) is 13.2 Å². The van der Waals surface area contributed by atoms with Crippen LogP contribution in [0.5, 0.6) is 5.75 Å². The zero-order chi connectivity index (χ0) is 17.4. The zero-order valence-corrected chi connectivity index (χ0v) is 14.3. The number of amides is 2. The molecule has 0 bridgehead atoms. The maximum atomic E-state index is 12.8. The average molecular weight is 357 g/mol. The van der Waals surface area contributed by atoms with E-state index >= 15 is 0 Å². The summed E-state index contributed by atoms with van der Waals surface area (Å²) < 4.78 is 5.70. The lowest BCUT2D eigenvalue weighted by Gasteiger charge is -2.22. The summed E-state index contributed by atoms with van der Waals surface area (Å²) in [6.45, 7) is 1.40. The smallest absolute Gasteiger partial charge is 0.252 e. The van der Waals surface area contributed by atoms with Gasteiger partial charge in [-0.25, -0.2) is 0 Å². The number of carbonyl (C=O) groups is 2. The molecule has 2 aliphatic heterocycles. The first-order valence-corrected chi connectivity index (χ1v) is 8.58. The van der Waals surface area contributed by atoms with E-state index in [9.17, 15) is 9.59 Å². The van der Waals surface area contributed by atoms with Gasteiger partial charge >= 0.3 is 0 Å². The van der Waals surface area contributed by atoms with Crippen LogP contribution < -0.4 is 10.1 Å². The summed E-state index contributed by atoms with van der Waals surface area (Å²) in [7, 11) is 0. The van der Waals surface area contributed by atoms with Crippen molar-refractivity contribution in [1.82, 2.24) is 10.2 Å². The molecule has 0 aliphatic carbocycles. The number of carbonyl (C=O) groups excluding carboxylic acids is 2. The predicted octanol–water partition coefficient (Wildman–Crippen LogP) is 2.94.